The molecule has 1 aliphatic rings. The van der Waals surface area contributed by atoms with Crippen molar-refractivity contribution in [2.24, 2.45) is 12.0 Å². The zero-order valence-corrected chi connectivity index (χ0v) is 18.7. The van der Waals surface area contributed by atoms with Gasteiger partial charge in [0.2, 0.25) is 0 Å². The number of nitrogens with one attached hydrogen (secondary N) is 2. The molecule has 27 heavy (non-hydrogen) atoms. The van der Waals surface area contributed by atoms with Crippen LogP contribution in [0.25, 0.3) is 0 Å². The van der Waals surface area contributed by atoms with E-state index in [2.05, 4.69) is 30.7 Å². The Labute approximate surface area is 181 Å². The van der Waals surface area contributed by atoms with Gasteiger partial charge in [0.15, 0.2) is 11.8 Å². The van der Waals surface area contributed by atoms with E-state index < -0.39 is 0 Å². The molecule has 0 saturated carbocycles. The molecule has 1 aromatic carbocycles. The lowest BCUT2D eigenvalue weighted by atomic mass is 10.2. The number of ether oxygens (including phenoxy) is 1. The van der Waals surface area contributed by atoms with Crippen LogP contribution in [0.15, 0.2) is 29.5 Å². The molecular weight excluding hydrogens is 481 g/mol. The number of hydrogen-bond acceptors (Lipinski definition) is 5. The van der Waals surface area contributed by atoms with Crippen molar-refractivity contribution in [1.82, 2.24) is 25.4 Å². The van der Waals surface area contributed by atoms with Crippen molar-refractivity contribution in [3.05, 3.63) is 35.4 Å². The molecule has 8 nitrogen and oxygen atoms in total. The quantitative estimate of drug-likeness (QED) is 0.368. The Kier molecular flexibility index (Phi) is 7.96. The molecular formula is C17H25ClIN7O. The lowest BCUT2D eigenvalue weighted by Crippen LogP contribution is -2.44. The number of benzene rings is 1. The van der Waals surface area contributed by atoms with Crippen LogP contribution in [0.2, 0.25) is 5.02 Å². The molecule has 1 saturated heterocycles. The Balaban J connectivity index is 0.00000261. The Hall–Kier alpha value is -1.75. The van der Waals surface area contributed by atoms with E-state index in [1.807, 2.05) is 29.8 Å². The van der Waals surface area contributed by atoms with E-state index in [0.29, 0.717) is 11.6 Å². The molecule has 1 aromatic heterocycles. The van der Waals surface area contributed by atoms with Crippen LogP contribution in [0.1, 0.15) is 12.2 Å². The van der Waals surface area contributed by atoms with Gasteiger partial charge in [-0.2, -0.15) is 0 Å². The van der Waals surface area contributed by atoms with Gasteiger partial charge in [0.25, 0.3) is 0 Å². The van der Waals surface area contributed by atoms with E-state index in [4.69, 9.17) is 16.3 Å². The van der Waals surface area contributed by atoms with Crippen molar-refractivity contribution >= 4 is 47.2 Å². The summed E-state index contributed by atoms with van der Waals surface area (Å²) in [6.45, 7) is 2.34. The molecule has 2 N–H and O–H groups in total. The third kappa shape index (κ3) is 5.38. The molecule has 0 spiro atoms. The van der Waals surface area contributed by atoms with Crippen LogP contribution in [-0.4, -0.2) is 54.0 Å². The highest BCUT2D eigenvalue weighted by molar-refractivity contribution is 14.0. The Morgan fingerprint density at radius 3 is 2.93 bits per heavy atom. The van der Waals surface area contributed by atoms with E-state index >= 15 is 0 Å². The average Bonchev–Trinajstić information content (AvgIpc) is 3.27. The third-order valence-corrected chi connectivity index (χ3v) is 4.69. The molecule has 3 rings (SSSR count). The monoisotopic (exact) mass is 505 g/mol. The predicted octanol–water partition coefficient (Wildman–Crippen LogP) is 2.04. The lowest BCUT2D eigenvalue weighted by Gasteiger charge is -2.22. The number of aromatic nitrogens is 3. The van der Waals surface area contributed by atoms with Crippen LogP contribution in [-0.2, 0) is 13.6 Å². The molecule has 1 unspecified atom stereocenters. The lowest BCUT2D eigenvalue weighted by molar-refractivity contribution is 0.415. The number of anilines is 1. The zero-order valence-electron chi connectivity index (χ0n) is 15.6. The molecule has 0 amide bonds. The molecule has 0 bridgehead atoms. The second-order valence-corrected chi connectivity index (χ2v) is 6.61. The largest absolute Gasteiger partial charge is 0.495 e. The first-order valence-corrected chi connectivity index (χ1v) is 8.87. The van der Waals surface area contributed by atoms with Crippen molar-refractivity contribution in [2.45, 2.75) is 19.0 Å². The fourth-order valence-electron chi connectivity index (χ4n) is 3.03. The summed E-state index contributed by atoms with van der Waals surface area (Å²) < 4.78 is 7.35. The van der Waals surface area contributed by atoms with Crippen LogP contribution in [0, 0.1) is 0 Å². The second kappa shape index (κ2) is 9.98. The number of hydrogen-bond donors (Lipinski definition) is 2. The number of aliphatic imine (C=N–C) groups is 1. The van der Waals surface area contributed by atoms with E-state index in [-0.39, 0.29) is 30.0 Å². The Bertz CT molecular complexity index is 782. The highest BCUT2D eigenvalue weighted by Gasteiger charge is 2.25. The first-order valence-electron chi connectivity index (χ1n) is 8.49. The molecule has 0 aliphatic carbocycles. The number of nitrogens with zero attached hydrogens (tertiary/aromatic N) is 5. The number of guanidine groups is 1. The van der Waals surface area contributed by atoms with Gasteiger partial charge in [-0.05, 0) is 24.6 Å². The van der Waals surface area contributed by atoms with Gasteiger partial charge in [-0.25, -0.2) is 0 Å². The number of aryl methyl sites for hydroxylation is 1. The van der Waals surface area contributed by atoms with Crippen molar-refractivity contribution in [3.8, 4) is 5.75 Å². The fraction of sp³-hybridized carbons (Fsp3) is 0.471. The summed E-state index contributed by atoms with van der Waals surface area (Å²) in [7, 11) is 5.36. The topological polar surface area (TPSA) is 79.6 Å². The summed E-state index contributed by atoms with van der Waals surface area (Å²) in [6, 6.07) is 5.97. The van der Waals surface area contributed by atoms with Crippen molar-refractivity contribution < 1.29 is 4.74 Å². The fourth-order valence-corrected chi connectivity index (χ4v) is 3.19. The first kappa shape index (κ1) is 21.5. The summed E-state index contributed by atoms with van der Waals surface area (Å²) in [5.74, 6) is 2.43. The molecule has 1 fully saturated rings. The van der Waals surface area contributed by atoms with E-state index in [9.17, 15) is 0 Å². The van der Waals surface area contributed by atoms with Gasteiger partial charge in [-0.3, -0.25) is 4.99 Å². The van der Waals surface area contributed by atoms with Crippen molar-refractivity contribution in [3.63, 3.8) is 0 Å². The summed E-state index contributed by atoms with van der Waals surface area (Å²) in [4.78, 5) is 6.58. The maximum absolute atomic E-state index is 6.16. The molecule has 1 atom stereocenters. The first-order chi connectivity index (χ1) is 12.6. The van der Waals surface area contributed by atoms with Crippen LogP contribution in [0.4, 0.5) is 5.69 Å². The van der Waals surface area contributed by atoms with Gasteiger partial charge >= 0.3 is 0 Å². The smallest absolute Gasteiger partial charge is 0.191 e. The number of methoxy groups -OCH3 is 1. The summed E-state index contributed by atoms with van der Waals surface area (Å²) in [5.41, 5.74) is 1.02. The Morgan fingerprint density at radius 2 is 2.26 bits per heavy atom. The van der Waals surface area contributed by atoms with Gasteiger partial charge in [0, 0.05) is 38.2 Å². The summed E-state index contributed by atoms with van der Waals surface area (Å²) in [5, 5.41) is 15.4. The molecule has 2 heterocycles. The molecule has 0 radical (unpaired) electrons. The number of halogens is 2. The molecule has 1 aliphatic heterocycles. The zero-order chi connectivity index (χ0) is 18.5. The van der Waals surface area contributed by atoms with Gasteiger partial charge in [-0.15, -0.1) is 34.2 Å². The predicted molar refractivity (Wildman–Crippen MR) is 118 cm³/mol. The van der Waals surface area contributed by atoms with Crippen LogP contribution < -0.4 is 20.3 Å². The van der Waals surface area contributed by atoms with Crippen molar-refractivity contribution in [2.75, 3.05) is 32.1 Å². The Morgan fingerprint density at radius 1 is 1.44 bits per heavy atom. The second-order valence-electron chi connectivity index (χ2n) is 6.18. The normalized spacial score (nSPS) is 16.8. The van der Waals surface area contributed by atoms with Crippen LogP contribution >= 0.6 is 35.6 Å². The van der Waals surface area contributed by atoms with Gasteiger partial charge in [-0.1, -0.05) is 11.6 Å². The summed E-state index contributed by atoms with van der Waals surface area (Å²) in [6.07, 6.45) is 2.68. The minimum absolute atomic E-state index is 0. The highest BCUT2D eigenvalue weighted by atomic mass is 127. The minimum Gasteiger partial charge on any atom is -0.495 e. The molecule has 148 valence electrons. The van der Waals surface area contributed by atoms with Gasteiger partial charge in [0.1, 0.15) is 12.1 Å². The highest BCUT2D eigenvalue weighted by Crippen LogP contribution is 2.33. The van der Waals surface area contributed by atoms with Crippen LogP contribution in [0.5, 0.6) is 5.75 Å². The van der Waals surface area contributed by atoms with E-state index in [1.165, 1.54) is 0 Å². The molecule has 2 aromatic rings. The SMILES string of the molecule is CN=C(NCc1nncn1C)NC1CCN(c2cc(Cl)ccc2OC)C1.I. The van der Waals surface area contributed by atoms with Crippen LogP contribution in [0.3, 0.4) is 0 Å². The van der Waals surface area contributed by atoms with Crippen molar-refractivity contribution in [1.29, 1.82) is 0 Å². The standard InChI is InChI=1S/C17H24ClN7O.HI/c1-19-17(20-9-16-23-21-11-24(16)2)22-13-6-7-25(10-13)14-8-12(18)4-5-15(14)26-3;/h4-5,8,11,13H,6-7,9-10H2,1-3H3,(H2,19,20,22);1H. The molecule has 10 heteroatoms. The number of rotatable bonds is 5. The van der Waals surface area contributed by atoms with Gasteiger partial charge in [0.05, 0.1) is 19.3 Å². The third-order valence-electron chi connectivity index (χ3n) is 4.45. The van der Waals surface area contributed by atoms with Gasteiger partial charge < -0.3 is 24.8 Å². The minimum atomic E-state index is 0. The summed E-state index contributed by atoms with van der Waals surface area (Å²) >= 11 is 6.16. The maximum atomic E-state index is 6.16. The average molecular weight is 506 g/mol. The van der Waals surface area contributed by atoms with E-state index in [0.717, 1.165) is 42.7 Å². The maximum Gasteiger partial charge on any atom is 0.191 e. The van der Waals surface area contributed by atoms with E-state index in [1.54, 1.807) is 20.5 Å².